The zero-order valence-corrected chi connectivity index (χ0v) is 29.9. The maximum atomic E-state index is 5.40. The van der Waals surface area contributed by atoms with Crippen LogP contribution in [0.3, 0.4) is 0 Å². The summed E-state index contributed by atoms with van der Waals surface area (Å²) in [5.74, 6) is 2.68. The molecular weight excluding hydrogens is 689 g/mol. The minimum Gasteiger partial charge on any atom is -0.294 e. The third kappa shape index (κ3) is 4.41. The largest absolute Gasteiger partial charge is 0.294 e. The molecule has 8 heteroatoms. The molecule has 0 aliphatic heterocycles. The van der Waals surface area contributed by atoms with Gasteiger partial charge in [0.05, 0.1) is 27.6 Å². The quantitative estimate of drug-likeness (QED) is 0.178. The lowest BCUT2D eigenvalue weighted by atomic mass is 10.1. The predicted octanol–water partition coefficient (Wildman–Crippen LogP) is 11.0. The van der Waals surface area contributed by atoms with Crippen molar-refractivity contribution in [2.45, 2.75) is 0 Å². The molecule has 0 amide bonds. The zero-order chi connectivity index (χ0) is 36.7. The van der Waals surface area contributed by atoms with Crippen LogP contribution < -0.4 is 0 Å². The number of fused-ring (bicyclic) bond motifs is 10. The van der Waals surface area contributed by atoms with E-state index in [2.05, 4.69) is 133 Å². The van der Waals surface area contributed by atoms with E-state index in [0.717, 1.165) is 83.2 Å². The number of hydrogen-bond donors (Lipinski definition) is 0. The molecule has 0 aliphatic carbocycles. The van der Waals surface area contributed by atoms with Crippen LogP contribution >= 0.6 is 0 Å². The molecular formula is C48H30N8. The summed E-state index contributed by atoms with van der Waals surface area (Å²) in [5, 5.41) is 3.31. The van der Waals surface area contributed by atoms with Crippen molar-refractivity contribution in [2.75, 3.05) is 0 Å². The SMILES string of the molecule is c1ccc(-c2nc(-c3ccccc3)nc(-n3c4ccccc4c4cc(-n5c6ccccc6c6nc7n(-c8ccccc8)c8ccccc8n7c65)ccc43)n2)cc1. The molecule has 8 nitrogen and oxygen atoms in total. The summed E-state index contributed by atoms with van der Waals surface area (Å²) in [6.07, 6.45) is 0. The molecule has 5 aromatic heterocycles. The molecule has 0 saturated heterocycles. The van der Waals surface area contributed by atoms with Gasteiger partial charge in [0.25, 0.3) is 0 Å². The number of benzene rings is 7. The Morgan fingerprint density at radius 2 is 0.875 bits per heavy atom. The molecule has 56 heavy (non-hydrogen) atoms. The average Bonchev–Trinajstić information content (AvgIpc) is 3.99. The van der Waals surface area contributed by atoms with Crippen LogP contribution in [-0.4, -0.2) is 38.0 Å². The summed E-state index contributed by atoms with van der Waals surface area (Å²) in [6, 6.07) is 63.0. The highest BCUT2D eigenvalue weighted by Crippen LogP contribution is 2.39. The molecule has 12 aromatic rings. The Labute approximate surface area is 319 Å². The first-order chi connectivity index (χ1) is 27.8. The van der Waals surface area contributed by atoms with E-state index >= 15 is 0 Å². The fraction of sp³-hybridized carbons (Fsp3) is 0. The van der Waals surface area contributed by atoms with E-state index in [1.807, 2.05) is 66.7 Å². The van der Waals surface area contributed by atoms with Gasteiger partial charge in [0.15, 0.2) is 17.3 Å². The highest BCUT2D eigenvalue weighted by molar-refractivity contribution is 6.12. The molecule has 12 rings (SSSR count). The topological polar surface area (TPSA) is 70.8 Å². The van der Waals surface area contributed by atoms with Crippen LogP contribution in [0.4, 0.5) is 0 Å². The van der Waals surface area contributed by atoms with Gasteiger partial charge in [-0.05, 0) is 54.6 Å². The van der Waals surface area contributed by atoms with Gasteiger partial charge >= 0.3 is 0 Å². The van der Waals surface area contributed by atoms with Crippen LogP contribution in [-0.2, 0) is 0 Å². The maximum absolute atomic E-state index is 5.40. The third-order valence-electron chi connectivity index (χ3n) is 10.8. The average molecular weight is 719 g/mol. The van der Waals surface area contributed by atoms with Crippen LogP contribution in [0.1, 0.15) is 0 Å². The van der Waals surface area contributed by atoms with Crippen molar-refractivity contribution in [2.24, 2.45) is 0 Å². The minimum atomic E-state index is 0.566. The fourth-order valence-corrected chi connectivity index (χ4v) is 8.40. The predicted molar refractivity (Wildman–Crippen MR) is 225 cm³/mol. The summed E-state index contributed by atoms with van der Waals surface area (Å²) < 4.78 is 9.10. The fourth-order valence-electron chi connectivity index (χ4n) is 8.40. The molecule has 5 heterocycles. The van der Waals surface area contributed by atoms with Crippen LogP contribution in [0.2, 0.25) is 0 Å². The molecule has 0 N–H and O–H groups in total. The standard InChI is InChI=1S/C48H30N8/c1-4-16-31(17-5-1)44-50-45(32-18-6-2-7-19-32)52-47(51-44)55-38-24-12-10-22-35(38)37-30-34(28-29-40(37)55)53-39-25-13-11-23-36(39)43-46(53)56-42-27-15-14-26-41(42)54(48(56)49-43)33-20-8-3-9-21-33/h1-30H. The number of imidazole rings is 2. The molecule has 0 spiro atoms. The summed E-state index contributed by atoms with van der Waals surface area (Å²) in [4.78, 5) is 20.6. The van der Waals surface area contributed by atoms with Gasteiger partial charge in [0.2, 0.25) is 11.7 Å². The highest BCUT2D eigenvalue weighted by Gasteiger charge is 2.25. The van der Waals surface area contributed by atoms with Gasteiger partial charge in [0, 0.05) is 38.7 Å². The van der Waals surface area contributed by atoms with Crippen molar-refractivity contribution < 1.29 is 0 Å². The second-order valence-corrected chi connectivity index (χ2v) is 14.0. The molecule has 0 bridgehead atoms. The normalized spacial score (nSPS) is 11.9. The smallest absolute Gasteiger partial charge is 0.238 e. The van der Waals surface area contributed by atoms with Crippen molar-refractivity contribution in [3.05, 3.63) is 182 Å². The van der Waals surface area contributed by atoms with Gasteiger partial charge in [-0.25, -0.2) is 9.97 Å². The lowest BCUT2D eigenvalue weighted by Crippen LogP contribution is -2.06. The third-order valence-corrected chi connectivity index (χ3v) is 10.8. The molecule has 0 saturated carbocycles. The molecule has 0 unspecified atom stereocenters. The molecule has 0 aliphatic rings. The Hall–Kier alpha value is -7.84. The Morgan fingerprint density at radius 3 is 1.55 bits per heavy atom. The van der Waals surface area contributed by atoms with Gasteiger partial charge < -0.3 is 0 Å². The van der Waals surface area contributed by atoms with E-state index in [-0.39, 0.29) is 0 Å². The first-order valence-electron chi connectivity index (χ1n) is 18.7. The van der Waals surface area contributed by atoms with E-state index < -0.39 is 0 Å². The zero-order valence-electron chi connectivity index (χ0n) is 29.9. The van der Waals surface area contributed by atoms with Crippen LogP contribution in [0.5, 0.6) is 0 Å². The lowest BCUT2D eigenvalue weighted by molar-refractivity contribution is 0.953. The Balaban J connectivity index is 1.14. The summed E-state index contributed by atoms with van der Waals surface area (Å²) in [7, 11) is 0. The lowest BCUT2D eigenvalue weighted by Gasteiger charge is -2.11. The number of aromatic nitrogens is 8. The van der Waals surface area contributed by atoms with E-state index in [0.29, 0.717) is 17.6 Å². The van der Waals surface area contributed by atoms with Gasteiger partial charge in [-0.2, -0.15) is 9.97 Å². The van der Waals surface area contributed by atoms with Gasteiger partial charge in [-0.1, -0.05) is 127 Å². The minimum absolute atomic E-state index is 0.566. The van der Waals surface area contributed by atoms with Crippen LogP contribution in [0.15, 0.2) is 182 Å². The second kappa shape index (κ2) is 11.8. The Kier molecular flexibility index (Phi) is 6.47. The van der Waals surface area contributed by atoms with Gasteiger partial charge in [-0.15, -0.1) is 0 Å². The van der Waals surface area contributed by atoms with Gasteiger partial charge in [0.1, 0.15) is 5.52 Å². The summed E-state index contributed by atoms with van der Waals surface area (Å²) >= 11 is 0. The summed E-state index contributed by atoms with van der Waals surface area (Å²) in [6.45, 7) is 0. The monoisotopic (exact) mass is 718 g/mol. The molecule has 0 atom stereocenters. The van der Waals surface area contributed by atoms with Crippen molar-refractivity contribution in [3.63, 3.8) is 0 Å². The molecule has 262 valence electrons. The number of nitrogens with zero attached hydrogens (tertiary/aromatic N) is 8. The van der Waals surface area contributed by atoms with Crippen molar-refractivity contribution in [3.8, 4) is 40.1 Å². The first kappa shape index (κ1) is 30.6. The second-order valence-electron chi connectivity index (χ2n) is 14.0. The number of hydrogen-bond acceptors (Lipinski definition) is 4. The van der Waals surface area contributed by atoms with Crippen molar-refractivity contribution >= 4 is 60.7 Å². The molecule has 0 fully saturated rings. The maximum Gasteiger partial charge on any atom is 0.238 e. The Bertz CT molecular complexity index is 3410. The van der Waals surface area contributed by atoms with E-state index in [9.17, 15) is 0 Å². The van der Waals surface area contributed by atoms with E-state index in [1.165, 1.54) is 0 Å². The van der Waals surface area contributed by atoms with Gasteiger partial charge in [-0.3, -0.25) is 18.1 Å². The number of rotatable bonds is 5. The summed E-state index contributed by atoms with van der Waals surface area (Å²) in [5.41, 5.74) is 11.3. The van der Waals surface area contributed by atoms with Crippen LogP contribution in [0.25, 0.3) is 101 Å². The number of para-hydroxylation sites is 5. The van der Waals surface area contributed by atoms with Crippen LogP contribution in [0, 0.1) is 0 Å². The highest BCUT2D eigenvalue weighted by atomic mass is 15.3. The molecule has 7 aromatic carbocycles. The molecule has 0 radical (unpaired) electrons. The first-order valence-corrected chi connectivity index (χ1v) is 18.7. The Morgan fingerprint density at radius 1 is 0.339 bits per heavy atom. The van der Waals surface area contributed by atoms with E-state index in [1.54, 1.807) is 0 Å². The van der Waals surface area contributed by atoms with Crippen molar-refractivity contribution in [1.82, 2.24) is 38.0 Å². The van der Waals surface area contributed by atoms with E-state index in [4.69, 9.17) is 19.9 Å². The van der Waals surface area contributed by atoms with Crippen molar-refractivity contribution in [1.29, 1.82) is 0 Å².